The van der Waals surface area contributed by atoms with E-state index in [9.17, 15) is 4.79 Å². The van der Waals surface area contributed by atoms with Crippen molar-refractivity contribution >= 4 is 23.2 Å². The quantitative estimate of drug-likeness (QED) is 0.438. The standard InChI is InChI=1S/C27H30ClN3O2/c1-33-23-13-11-21(12-14-23)26(31-15-4-5-16-31)19-29-18-20-7-6-8-22(17-20)30-27(32)24-9-2-3-10-25(24)28/h2-3,6-14,17,26,29H,4-5,15-16,18-19H2,1H3,(H,30,32). The van der Waals surface area contributed by atoms with Crippen LogP contribution in [0.4, 0.5) is 5.69 Å². The summed E-state index contributed by atoms with van der Waals surface area (Å²) < 4.78 is 5.32. The Labute approximate surface area is 200 Å². The van der Waals surface area contributed by atoms with E-state index in [0.29, 0.717) is 16.6 Å². The summed E-state index contributed by atoms with van der Waals surface area (Å²) in [6.07, 6.45) is 2.50. The fraction of sp³-hybridized carbons (Fsp3) is 0.296. The van der Waals surface area contributed by atoms with Crippen molar-refractivity contribution in [2.24, 2.45) is 0 Å². The first-order chi connectivity index (χ1) is 16.1. The Bertz CT molecular complexity index is 1060. The van der Waals surface area contributed by atoms with Crippen molar-refractivity contribution in [1.82, 2.24) is 10.2 Å². The van der Waals surface area contributed by atoms with Crippen LogP contribution in [0.25, 0.3) is 0 Å². The molecule has 33 heavy (non-hydrogen) atoms. The molecule has 5 nitrogen and oxygen atoms in total. The van der Waals surface area contributed by atoms with E-state index in [1.54, 1.807) is 25.3 Å². The average molecular weight is 464 g/mol. The summed E-state index contributed by atoms with van der Waals surface area (Å²) in [6.45, 7) is 3.82. The van der Waals surface area contributed by atoms with Gasteiger partial charge in [0.1, 0.15) is 5.75 Å². The van der Waals surface area contributed by atoms with Crippen LogP contribution in [0.15, 0.2) is 72.8 Å². The van der Waals surface area contributed by atoms with Crippen LogP contribution in [0.2, 0.25) is 5.02 Å². The number of rotatable bonds is 9. The summed E-state index contributed by atoms with van der Waals surface area (Å²) in [5.74, 6) is 0.668. The van der Waals surface area contributed by atoms with Crippen LogP contribution in [-0.4, -0.2) is 37.6 Å². The van der Waals surface area contributed by atoms with Gasteiger partial charge in [0.15, 0.2) is 0 Å². The lowest BCUT2D eigenvalue weighted by Crippen LogP contribution is -2.34. The van der Waals surface area contributed by atoms with E-state index >= 15 is 0 Å². The van der Waals surface area contributed by atoms with Crippen LogP contribution < -0.4 is 15.4 Å². The number of amides is 1. The van der Waals surface area contributed by atoms with Gasteiger partial charge < -0.3 is 15.4 Å². The summed E-state index contributed by atoms with van der Waals surface area (Å²) in [5.41, 5.74) is 3.63. The molecule has 3 aromatic rings. The van der Waals surface area contributed by atoms with Crippen LogP contribution in [0.3, 0.4) is 0 Å². The van der Waals surface area contributed by atoms with Crippen molar-refractivity contribution in [1.29, 1.82) is 0 Å². The van der Waals surface area contributed by atoms with E-state index < -0.39 is 0 Å². The molecule has 0 bridgehead atoms. The van der Waals surface area contributed by atoms with Gasteiger partial charge in [-0.3, -0.25) is 9.69 Å². The van der Waals surface area contributed by atoms with Gasteiger partial charge in [-0.25, -0.2) is 0 Å². The molecule has 4 rings (SSSR count). The van der Waals surface area contributed by atoms with Crippen molar-refractivity contribution in [3.63, 3.8) is 0 Å². The monoisotopic (exact) mass is 463 g/mol. The minimum absolute atomic E-state index is 0.209. The Hall–Kier alpha value is -2.86. The van der Waals surface area contributed by atoms with Gasteiger partial charge in [0.2, 0.25) is 0 Å². The summed E-state index contributed by atoms with van der Waals surface area (Å²) in [4.78, 5) is 15.1. The molecule has 0 saturated carbocycles. The SMILES string of the molecule is COc1ccc(C(CNCc2cccc(NC(=O)c3ccccc3Cl)c2)N2CCCC2)cc1. The number of hydrogen-bond acceptors (Lipinski definition) is 4. The molecule has 1 aliphatic rings. The van der Waals surface area contributed by atoms with Gasteiger partial charge in [-0.15, -0.1) is 0 Å². The first kappa shape index (κ1) is 23.3. The third-order valence-corrected chi connectivity index (χ3v) is 6.38. The van der Waals surface area contributed by atoms with Crippen LogP contribution in [0.5, 0.6) is 5.75 Å². The molecular weight excluding hydrogens is 434 g/mol. The van der Waals surface area contributed by atoms with Gasteiger partial charge in [-0.05, 0) is 73.5 Å². The van der Waals surface area contributed by atoms with E-state index in [0.717, 1.165) is 43.2 Å². The second kappa shape index (κ2) is 11.3. The number of methoxy groups -OCH3 is 1. The van der Waals surface area contributed by atoms with E-state index in [-0.39, 0.29) is 5.91 Å². The zero-order valence-corrected chi connectivity index (χ0v) is 19.6. The molecule has 6 heteroatoms. The first-order valence-electron chi connectivity index (χ1n) is 11.4. The number of nitrogens with one attached hydrogen (secondary N) is 2. The molecular formula is C27H30ClN3O2. The topological polar surface area (TPSA) is 53.6 Å². The highest BCUT2D eigenvalue weighted by atomic mass is 35.5. The highest BCUT2D eigenvalue weighted by Gasteiger charge is 2.23. The molecule has 0 spiro atoms. The second-order valence-corrected chi connectivity index (χ2v) is 8.70. The molecule has 172 valence electrons. The number of ether oxygens (including phenoxy) is 1. The van der Waals surface area contributed by atoms with Gasteiger partial charge in [-0.2, -0.15) is 0 Å². The third kappa shape index (κ3) is 6.14. The number of carbonyl (C=O) groups is 1. The maximum absolute atomic E-state index is 12.6. The maximum Gasteiger partial charge on any atom is 0.257 e. The summed E-state index contributed by atoms with van der Waals surface area (Å²) >= 11 is 6.15. The molecule has 3 aromatic carbocycles. The molecule has 1 amide bonds. The fourth-order valence-corrected chi connectivity index (χ4v) is 4.51. The molecule has 1 heterocycles. The largest absolute Gasteiger partial charge is 0.497 e. The molecule has 1 unspecified atom stereocenters. The normalized spacial score (nSPS) is 14.7. The minimum atomic E-state index is -0.209. The third-order valence-electron chi connectivity index (χ3n) is 6.05. The Morgan fingerprint density at radius 3 is 2.52 bits per heavy atom. The predicted octanol–water partition coefficient (Wildman–Crippen LogP) is 5.53. The smallest absolute Gasteiger partial charge is 0.257 e. The maximum atomic E-state index is 12.6. The van der Waals surface area contributed by atoms with Gasteiger partial charge in [0.25, 0.3) is 5.91 Å². The molecule has 1 atom stereocenters. The van der Waals surface area contributed by atoms with Crippen LogP contribution in [0, 0.1) is 0 Å². The number of benzene rings is 3. The van der Waals surface area contributed by atoms with Crippen molar-refractivity contribution in [3.05, 3.63) is 94.5 Å². The summed E-state index contributed by atoms with van der Waals surface area (Å²) in [7, 11) is 1.69. The average Bonchev–Trinajstić information content (AvgIpc) is 3.37. The zero-order chi connectivity index (χ0) is 23.0. The minimum Gasteiger partial charge on any atom is -0.497 e. The van der Waals surface area contributed by atoms with Gasteiger partial charge in [-0.1, -0.05) is 48.0 Å². The molecule has 0 aliphatic carbocycles. The Morgan fingerprint density at radius 1 is 1.03 bits per heavy atom. The highest BCUT2D eigenvalue weighted by molar-refractivity contribution is 6.34. The highest BCUT2D eigenvalue weighted by Crippen LogP contribution is 2.26. The summed E-state index contributed by atoms with van der Waals surface area (Å²) in [5, 5.41) is 7.01. The molecule has 1 saturated heterocycles. The van der Waals surface area contributed by atoms with E-state index in [2.05, 4.69) is 33.7 Å². The van der Waals surface area contributed by atoms with Gasteiger partial charge >= 0.3 is 0 Å². The van der Waals surface area contributed by atoms with Crippen molar-refractivity contribution in [2.45, 2.75) is 25.4 Å². The number of likely N-dealkylation sites (tertiary alicyclic amines) is 1. The Morgan fingerprint density at radius 2 is 1.79 bits per heavy atom. The van der Waals surface area contributed by atoms with Gasteiger partial charge in [0.05, 0.1) is 17.7 Å². The van der Waals surface area contributed by atoms with E-state index in [1.807, 2.05) is 36.4 Å². The second-order valence-electron chi connectivity index (χ2n) is 8.30. The first-order valence-corrected chi connectivity index (χ1v) is 11.8. The molecule has 1 aliphatic heterocycles. The van der Waals surface area contributed by atoms with Crippen molar-refractivity contribution in [3.8, 4) is 5.75 Å². The van der Waals surface area contributed by atoms with Crippen LogP contribution in [0.1, 0.15) is 40.4 Å². The van der Waals surface area contributed by atoms with Gasteiger partial charge in [0, 0.05) is 24.8 Å². The Balaban J connectivity index is 1.38. The number of carbonyl (C=O) groups excluding carboxylic acids is 1. The van der Waals surface area contributed by atoms with Crippen LogP contribution in [-0.2, 0) is 6.54 Å². The lowest BCUT2D eigenvalue weighted by Gasteiger charge is -2.28. The number of hydrogen-bond donors (Lipinski definition) is 2. The van der Waals surface area contributed by atoms with Crippen molar-refractivity contribution in [2.75, 3.05) is 32.1 Å². The molecule has 2 N–H and O–H groups in total. The molecule has 0 aromatic heterocycles. The number of nitrogens with zero attached hydrogens (tertiary/aromatic N) is 1. The number of anilines is 1. The lowest BCUT2D eigenvalue weighted by molar-refractivity contribution is 0.102. The summed E-state index contributed by atoms with van der Waals surface area (Å²) in [6, 6.07) is 23.7. The lowest BCUT2D eigenvalue weighted by atomic mass is 10.0. The molecule has 1 fully saturated rings. The van der Waals surface area contributed by atoms with E-state index in [4.69, 9.17) is 16.3 Å². The number of halogens is 1. The van der Waals surface area contributed by atoms with Crippen LogP contribution >= 0.6 is 11.6 Å². The predicted molar refractivity (Wildman–Crippen MR) is 134 cm³/mol. The Kier molecular flexibility index (Phi) is 8.00. The molecule has 0 radical (unpaired) electrons. The van der Waals surface area contributed by atoms with E-state index in [1.165, 1.54) is 18.4 Å². The van der Waals surface area contributed by atoms with Crippen molar-refractivity contribution < 1.29 is 9.53 Å². The fourth-order valence-electron chi connectivity index (χ4n) is 4.29. The zero-order valence-electron chi connectivity index (χ0n) is 18.9.